The highest BCUT2D eigenvalue weighted by Gasteiger charge is 2.39. The molecule has 2 saturated heterocycles. The molecule has 21 heavy (non-hydrogen) atoms. The van der Waals surface area contributed by atoms with Gasteiger partial charge in [0.1, 0.15) is 0 Å². The van der Waals surface area contributed by atoms with Gasteiger partial charge >= 0.3 is 0 Å². The predicted octanol–water partition coefficient (Wildman–Crippen LogP) is 1.26. The van der Waals surface area contributed by atoms with Crippen LogP contribution in [-0.4, -0.2) is 68.2 Å². The summed E-state index contributed by atoms with van der Waals surface area (Å²) in [4.78, 5) is 2.46. The zero-order chi connectivity index (χ0) is 15.3. The van der Waals surface area contributed by atoms with Crippen molar-refractivity contribution in [1.82, 2.24) is 14.5 Å². The van der Waals surface area contributed by atoms with Gasteiger partial charge < -0.3 is 5.32 Å². The summed E-state index contributed by atoms with van der Waals surface area (Å²) in [6.45, 7) is 8.89. The molecule has 1 N–H and O–H groups in total. The van der Waals surface area contributed by atoms with Crippen LogP contribution >= 0.6 is 0 Å². The van der Waals surface area contributed by atoms with E-state index >= 15 is 0 Å². The molecule has 2 heterocycles. The Morgan fingerprint density at radius 2 is 2.00 bits per heavy atom. The smallest absolute Gasteiger partial charge is 0.214 e. The Morgan fingerprint density at radius 1 is 1.19 bits per heavy atom. The van der Waals surface area contributed by atoms with Gasteiger partial charge in [-0.05, 0) is 58.7 Å². The molecule has 2 aliphatic rings. The maximum absolute atomic E-state index is 12.6. The molecule has 124 valence electrons. The van der Waals surface area contributed by atoms with Crippen LogP contribution in [0.5, 0.6) is 0 Å². The van der Waals surface area contributed by atoms with Crippen molar-refractivity contribution in [2.45, 2.75) is 58.0 Å². The van der Waals surface area contributed by atoms with Gasteiger partial charge in [-0.15, -0.1) is 0 Å². The average Bonchev–Trinajstić information content (AvgIpc) is 2.88. The third kappa shape index (κ3) is 4.65. The van der Waals surface area contributed by atoms with Gasteiger partial charge in [0, 0.05) is 25.2 Å². The molecule has 0 aromatic heterocycles. The third-order valence-electron chi connectivity index (χ3n) is 4.67. The normalized spacial score (nSPS) is 27.9. The Morgan fingerprint density at radius 3 is 2.76 bits per heavy atom. The molecule has 6 heteroatoms. The van der Waals surface area contributed by atoms with E-state index in [1.165, 1.54) is 6.42 Å². The lowest BCUT2D eigenvalue weighted by atomic mass is 10.1. The van der Waals surface area contributed by atoms with Crippen molar-refractivity contribution in [2.75, 3.05) is 38.5 Å². The standard InChI is InChI=1S/C15H31N3O2S/c1-3-8-16-9-4-5-11-21(19,20)18-13-15-7-6-10-17(15)12-14(18)2/h14-16H,3-13H2,1-2H3. The second-order valence-electron chi connectivity index (χ2n) is 6.48. The summed E-state index contributed by atoms with van der Waals surface area (Å²) in [7, 11) is -3.09. The first-order chi connectivity index (χ1) is 10.0. The molecule has 2 aliphatic heterocycles. The molecule has 5 nitrogen and oxygen atoms in total. The van der Waals surface area contributed by atoms with E-state index < -0.39 is 10.0 Å². The van der Waals surface area contributed by atoms with E-state index in [4.69, 9.17) is 0 Å². The fourth-order valence-electron chi connectivity index (χ4n) is 3.50. The van der Waals surface area contributed by atoms with Crippen molar-refractivity contribution >= 4 is 10.0 Å². The van der Waals surface area contributed by atoms with Gasteiger partial charge in [0.15, 0.2) is 0 Å². The van der Waals surface area contributed by atoms with E-state index in [-0.39, 0.29) is 6.04 Å². The number of hydrogen-bond donors (Lipinski definition) is 1. The fraction of sp³-hybridized carbons (Fsp3) is 1.00. The zero-order valence-corrected chi connectivity index (χ0v) is 14.4. The highest BCUT2D eigenvalue weighted by atomic mass is 32.2. The summed E-state index contributed by atoms with van der Waals surface area (Å²) < 4.78 is 26.9. The highest BCUT2D eigenvalue weighted by Crippen LogP contribution is 2.26. The molecule has 0 aromatic rings. The van der Waals surface area contributed by atoms with Crippen molar-refractivity contribution in [3.8, 4) is 0 Å². The van der Waals surface area contributed by atoms with E-state index in [2.05, 4.69) is 24.1 Å². The van der Waals surface area contributed by atoms with Gasteiger partial charge in [-0.2, -0.15) is 4.31 Å². The molecular weight excluding hydrogens is 286 g/mol. The van der Waals surface area contributed by atoms with Crippen molar-refractivity contribution < 1.29 is 8.42 Å². The number of fused-ring (bicyclic) bond motifs is 1. The van der Waals surface area contributed by atoms with Crippen LogP contribution in [0.4, 0.5) is 0 Å². The van der Waals surface area contributed by atoms with Crippen molar-refractivity contribution in [3.63, 3.8) is 0 Å². The molecule has 0 bridgehead atoms. The predicted molar refractivity (Wildman–Crippen MR) is 86.9 cm³/mol. The minimum Gasteiger partial charge on any atom is -0.317 e. The van der Waals surface area contributed by atoms with Gasteiger partial charge in [-0.3, -0.25) is 4.90 Å². The molecule has 2 atom stereocenters. The fourth-order valence-corrected chi connectivity index (χ4v) is 5.32. The molecular formula is C15H31N3O2S. The Labute approximate surface area is 130 Å². The molecule has 0 saturated carbocycles. The monoisotopic (exact) mass is 317 g/mol. The lowest BCUT2D eigenvalue weighted by Gasteiger charge is -2.41. The van der Waals surface area contributed by atoms with E-state index in [1.807, 2.05) is 0 Å². The lowest BCUT2D eigenvalue weighted by molar-refractivity contribution is 0.117. The van der Waals surface area contributed by atoms with Gasteiger partial charge in [-0.25, -0.2) is 8.42 Å². The maximum Gasteiger partial charge on any atom is 0.214 e. The topological polar surface area (TPSA) is 52.7 Å². The van der Waals surface area contributed by atoms with E-state index in [0.29, 0.717) is 18.3 Å². The SMILES string of the molecule is CCCNCCCCS(=O)(=O)N1CC2CCCN2CC1C. The number of sulfonamides is 1. The number of piperazine rings is 1. The molecule has 2 unspecified atom stereocenters. The Kier molecular flexibility index (Phi) is 6.47. The summed E-state index contributed by atoms with van der Waals surface area (Å²) in [5, 5.41) is 3.32. The lowest BCUT2D eigenvalue weighted by Crippen LogP contribution is -2.57. The van der Waals surface area contributed by atoms with Crippen LogP contribution in [0.2, 0.25) is 0 Å². The molecule has 0 aliphatic carbocycles. The molecule has 0 radical (unpaired) electrons. The summed E-state index contributed by atoms with van der Waals surface area (Å²) in [6, 6.07) is 0.588. The first kappa shape index (κ1) is 17.2. The Hall–Kier alpha value is -0.170. The number of hydrogen-bond acceptors (Lipinski definition) is 4. The zero-order valence-electron chi connectivity index (χ0n) is 13.6. The van der Waals surface area contributed by atoms with Crippen molar-refractivity contribution in [2.24, 2.45) is 0 Å². The average molecular weight is 317 g/mol. The first-order valence-corrected chi connectivity index (χ1v) is 10.1. The van der Waals surface area contributed by atoms with Crippen LogP contribution in [0, 0.1) is 0 Å². The maximum atomic E-state index is 12.6. The second-order valence-corrected chi connectivity index (χ2v) is 8.52. The molecule has 2 rings (SSSR count). The summed E-state index contributed by atoms with van der Waals surface area (Å²) in [5.41, 5.74) is 0. The Bertz CT molecular complexity index is 413. The van der Waals surface area contributed by atoms with Gasteiger partial charge in [0.25, 0.3) is 0 Å². The van der Waals surface area contributed by atoms with Crippen LogP contribution in [0.15, 0.2) is 0 Å². The van der Waals surface area contributed by atoms with Gasteiger partial charge in [-0.1, -0.05) is 6.92 Å². The molecule has 0 aromatic carbocycles. The Balaban J connectivity index is 1.78. The highest BCUT2D eigenvalue weighted by molar-refractivity contribution is 7.89. The number of nitrogens with zero attached hydrogens (tertiary/aromatic N) is 2. The van der Waals surface area contributed by atoms with Crippen molar-refractivity contribution in [1.29, 1.82) is 0 Å². The van der Waals surface area contributed by atoms with Crippen molar-refractivity contribution in [3.05, 3.63) is 0 Å². The third-order valence-corrected chi connectivity index (χ3v) is 6.70. The van der Waals surface area contributed by atoms with Gasteiger partial charge in [0.2, 0.25) is 10.0 Å². The van der Waals surface area contributed by atoms with Crippen LogP contribution in [0.25, 0.3) is 0 Å². The van der Waals surface area contributed by atoms with E-state index in [0.717, 1.165) is 51.9 Å². The van der Waals surface area contributed by atoms with E-state index in [9.17, 15) is 8.42 Å². The first-order valence-electron chi connectivity index (χ1n) is 8.49. The second kappa shape index (κ2) is 7.90. The summed E-state index contributed by atoms with van der Waals surface area (Å²) in [6.07, 6.45) is 5.20. The van der Waals surface area contributed by atoms with Crippen LogP contribution < -0.4 is 5.32 Å². The molecule has 0 spiro atoms. The van der Waals surface area contributed by atoms with Crippen LogP contribution in [-0.2, 0) is 10.0 Å². The van der Waals surface area contributed by atoms with Crippen LogP contribution in [0.1, 0.15) is 46.0 Å². The van der Waals surface area contributed by atoms with E-state index in [1.54, 1.807) is 4.31 Å². The summed E-state index contributed by atoms with van der Waals surface area (Å²) >= 11 is 0. The van der Waals surface area contributed by atoms with Gasteiger partial charge in [0.05, 0.1) is 5.75 Å². The summed E-state index contributed by atoms with van der Waals surface area (Å²) in [5.74, 6) is 0.303. The minimum atomic E-state index is -3.09. The molecule has 2 fully saturated rings. The minimum absolute atomic E-state index is 0.127. The number of nitrogens with one attached hydrogen (secondary N) is 1. The number of rotatable bonds is 8. The quantitative estimate of drug-likeness (QED) is 0.685. The molecule has 0 amide bonds. The number of unbranched alkanes of at least 4 members (excludes halogenated alkanes) is 1. The van der Waals surface area contributed by atoms with Crippen LogP contribution in [0.3, 0.4) is 0 Å². The largest absolute Gasteiger partial charge is 0.317 e.